The zero-order chi connectivity index (χ0) is 17.5. The van der Waals surface area contributed by atoms with Gasteiger partial charge in [0.25, 0.3) is 0 Å². The van der Waals surface area contributed by atoms with Crippen LogP contribution in [-0.2, 0) is 0 Å². The van der Waals surface area contributed by atoms with Crippen LogP contribution in [0.1, 0.15) is 10.4 Å². The summed E-state index contributed by atoms with van der Waals surface area (Å²) < 4.78 is 0. The molecule has 0 aliphatic carbocycles. The van der Waals surface area contributed by atoms with Gasteiger partial charge >= 0.3 is 0 Å². The zero-order valence-electron chi connectivity index (χ0n) is 12.6. The molecule has 24 heavy (non-hydrogen) atoms. The molecule has 0 aromatic heterocycles. The van der Waals surface area contributed by atoms with Crippen LogP contribution in [0.15, 0.2) is 66.7 Å². The highest BCUT2D eigenvalue weighted by atomic mass is 16.3. The Kier molecular flexibility index (Phi) is 5.41. The van der Waals surface area contributed by atoms with Gasteiger partial charge in [-0.05, 0) is 11.6 Å². The van der Waals surface area contributed by atoms with Gasteiger partial charge in [0.05, 0.1) is 0 Å². The molecule has 5 heteroatoms. The van der Waals surface area contributed by atoms with E-state index < -0.39 is 23.0 Å². The molecule has 0 bridgehead atoms. The van der Waals surface area contributed by atoms with Crippen molar-refractivity contribution < 1.29 is 25.2 Å². The molecule has 0 amide bonds. The lowest BCUT2D eigenvalue weighted by Gasteiger charge is -2.09. The Hall–Kier alpha value is -3.47. The van der Waals surface area contributed by atoms with Crippen LogP contribution >= 0.6 is 0 Å². The van der Waals surface area contributed by atoms with Crippen LogP contribution in [-0.4, -0.2) is 26.7 Å². The lowest BCUT2D eigenvalue weighted by molar-refractivity contribution is 0.112. The minimum absolute atomic E-state index is 0.258. The third-order valence-corrected chi connectivity index (χ3v) is 3.25. The fourth-order valence-electron chi connectivity index (χ4n) is 2.00. The third-order valence-electron chi connectivity index (χ3n) is 3.25. The van der Waals surface area contributed by atoms with E-state index in [-0.39, 0.29) is 5.56 Å². The van der Waals surface area contributed by atoms with Crippen LogP contribution < -0.4 is 0 Å². The fourth-order valence-corrected chi connectivity index (χ4v) is 2.00. The molecule has 5 nitrogen and oxygen atoms in total. The lowest BCUT2D eigenvalue weighted by atomic mass is 10.0. The summed E-state index contributed by atoms with van der Waals surface area (Å²) in [4.78, 5) is 10.0. The van der Waals surface area contributed by atoms with Crippen LogP contribution in [0.3, 0.4) is 0 Å². The minimum atomic E-state index is -0.725. The van der Waals surface area contributed by atoms with Crippen molar-refractivity contribution in [3.05, 3.63) is 72.3 Å². The molecule has 0 aliphatic heterocycles. The van der Waals surface area contributed by atoms with E-state index >= 15 is 0 Å². The number of benzene rings is 3. The van der Waals surface area contributed by atoms with Gasteiger partial charge in [-0.15, -0.1) is 0 Å². The van der Waals surface area contributed by atoms with E-state index in [0.29, 0.717) is 5.56 Å². The summed E-state index contributed by atoms with van der Waals surface area (Å²) in [6.45, 7) is 0. The molecule has 4 N–H and O–H groups in total. The van der Waals surface area contributed by atoms with Gasteiger partial charge in [0.1, 0.15) is 6.29 Å². The molecule has 0 saturated carbocycles. The number of phenols is 4. The summed E-state index contributed by atoms with van der Waals surface area (Å²) >= 11 is 0. The maximum Gasteiger partial charge on any atom is 0.204 e. The second kappa shape index (κ2) is 7.69. The molecule has 0 aliphatic rings. The number of carbonyl (C=O) groups excluding carboxylic acids is 1. The van der Waals surface area contributed by atoms with Gasteiger partial charge in [-0.2, -0.15) is 0 Å². The van der Waals surface area contributed by atoms with Crippen molar-refractivity contribution in [2.45, 2.75) is 0 Å². The number of phenolic OH excluding ortho intramolecular Hbond substituents is 4. The number of aromatic hydroxyl groups is 4. The van der Waals surface area contributed by atoms with Crippen molar-refractivity contribution in [2.75, 3.05) is 0 Å². The monoisotopic (exact) mass is 324 g/mol. The summed E-state index contributed by atoms with van der Waals surface area (Å²) in [6.07, 6.45) is 0.833. The summed E-state index contributed by atoms with van der Waals surface area (Å²) in [5.41, 5.74) is 1.62. The highest BCUT2D eigenvalue weighted by molar-refractivity contribution is 5.78. The molecule has 0 radical (unpaired) electrons. The first kappa shape index (κ1) is 16.9. The van der Waals surface area contributed by atoms with Crippen molar-refractivity contribution in [3.63, 3.8) is 0 Å². The first-order valence-electron chi connectivity index (χ1n) is 7.07. The quantitative estimate of drug-likeness (QED) is 0.327. The lowest BCUT2D eigenvalue weighted by Crippen LogP contribution is -1.81. The van der Waals surface area contributed by atoms with Crippen LogP contribution in [0.5, 0.6) is 23.0 Å². The smallest absolute Gasteiger partial charge is 0.204 e. The fraction of sp³-hybridized carbons (Fsp3) is 0. The predicted octanol–water partition coefficient (Wildman–Crippen LogP) is 3.68. The Balaban J connectivity index is 0.000000219. The Morgan fingerprint density at radius 3 is 1.71 bits per heavy atom. The summed E-state index contributed by atoms with van der Waals surface area (Å²) in [7, 11) is 0. The van der Waals surface area contributed by atoms with Gasteiger partial charge in [-0.25, -0.2) is 0 Å². The van der Waals surface area contributed by atoms with E-state index in [9.17, 15) is 25.2 Å². The Labute approximate surface area is 138 Å². The minimum Gasteiger partial charge on any atom is -0.504 e. The van der Waals surface area contributed by atoms with E-state index in [1.54, 1.807) is 42.5 Å². The highest BCUT2D eigenvalue weighted by Crippen LogP contribution is 2.47. The number of aldehydes is 1. The molecule has 3 aromatic rings. The Bertz CT molecular complexity index is 814. The van der Waals surface area contributed by atoms with Crippen molar-refractivity contribution in [2.24, 2.45) is 0 Å². The maximum atomic E-state index is 10.0. The van der Waals surface area contributed by atoms with Crippen LogP contribution in [0.25, 0.3) is 11.1 Å². The summed E-state index contributed by atoms with van der Waals surface area (Å²) in [5.74, 6) is -2.38. The number of rotatable bonds is 2. The number of hydrogen-bond donors (Lipinski definition) is 4. The zero-order valence-corrected chi connectivity index (χ0v) is 12.6. The van der Waals surface area contributed by atoms with Gasteiger partial charge < -0.3 is 20.4 Å². The molecule has 122 valence electrons. The van der Waals surface area contributed by atoms with E-state index in [1.807, 2.05) is 18.2 Å². The van der Waals surface area contributed by atoms with E-state index in [0.717, 1.165) is 11.8 Å². The Morgan fingerprint density at radius 2 is 1.21 bits per heavy atom. The molecule has 3 aromatic carbocycles. The second-order valence-electron chi connectivity index (χ2n) is 4.88. The second-order valence-corrected chi connectivity index (χ2v) is 4.88. The summed E-state index contributed by atoms with van der Waals surface area (Å²) in [6, 6.07) is 19.0. The van der Waals surface area contributed by atoms with Crippen LogP contribution in [0.4, 0.5) is 0 Å². The third kappa shape index (κ3) is 3.84. The molecule has 0 unspecified atom stereocenters. The van der Waals surface area contributed by atoms with Gasteiger partial charge in [-0.3, -0.25) is 4.79 Å². The largest absolute Gasteiger partial charge is 0.504 e. The van der Waals surface area contributed by atoms with Gasteiger partial charge in [0.15, 0.2) is 11.5 Å². The van der Waals surface area contributed by atoms with E-state index in [1.165, 1.54) is 6.07 Å². The average molecular weight is 324 g/mol. The molecule has 0 spiro atoms. The molecular formula is C19H16O5. The topological polar surface area (TPSA) is 98.0 Å². The van der Waals surface area contributed by atoms with E-state index in [4.69, 9.17) is 0 Å². The van der Waals surface area contributed by atoms with Crippen molar-refractivity contribution in [3.8, 4) is 34.1 Å². The molecule has 3 rings (SSSR count). The summed E-state index contributed by atoms with van der Waals surface area (Å²) in [5, 5.41) is 37.5. The Morgan fingerprint density at radius 1 is 0.667 bits per heavy atom. The molecule has 0 saturated heterocycles. The first-order valence-corrected chi connectivity index (χ1v) is 7.07. The number of carbonyl (C=O) groups is 1. The maximum absolute atomic E-state index is 10.0. The molecule has 0 heterocycles. The van der Waals surface area contributed by atoms with Crippen molar-refractivity contribution >= 4 is 6.29 Å². The van der Waals surface area contributed by atoms with Gasteiger partial charge in [-0.1, -0.05) is 60.7 Å². The highest BCUT2D eigenvalue weighted by Gasteiger charge is 2.16. The van der Waals surface area contributed by atoms with Crippen molar-refractivity contribution in [1.82, 2.24) is 0 Å². The normalized spacial score (nSPS) is 9.67. The predicted molar refractivity (Wildman–Crippen MR) is 90.4 cm³/mol. The van der Waals surface area contributed by atoms with Gasteiger partial charge in [0, 0.05) is 11.1 Å². The molecule has 0 atom stereocenters. The number of hydrogen-bond acceptors (Lipinski definition) is 5. The van der Waals surface area contributed by atoms with Crippen molar-refractivity contribution in [1.29, 1.82) is 0 Å². The molecule has 0 fully saturated rings. The van der Waals surface area contributed by atoms with Gasteiger partial charge in [0.2, 0.25) is 11.5 Å². The standard InChI is InChI=1S/C12H10O4.C7H6O/c13-9-6-8(7-4-2-1-3-5-7)10(14)12(16)11(9)15;8-6-7-4-2-1-3-5-7/h1-6,13-16H;1-6H. The van der Waals surface area contributed by atoms with E-state index in [2.05, 4.69) is 0 Å². The van der Waals surface area contributed by atoms with Crippen LogP contribution in [0, 0.1) is 0 Å². The van der Waals surface area contributed by atoms with Crippen LogP contribution in [0.2, 0.25) is 0 Å². The molecular weight excluding hydrogens is 308 g/mol. The SMILES string of the molecule is O=Cc1ccccc1.Oc1cc(-c2ccccc2)c(O)c(O)c1O. The average Bonchev–Trinajstić information content (AvgIpc) is 2.65. The first-order chi connectivity index (χ1) is 11.5.